The van der Waals surface area contributed by atoms with Gasteiger partial charge in [0.1, 0.15) is 5.60 Å². The molecular weight excluding hydrogens is 304 g/mol. The van der Waals surface area contributed by atoms with Gasteiger partial charge in [0.05, 0.1) is 12.7 Å². The van der Waals surface area contributed by atoms with E-state index in [4.69, 9.17) is 0 Å². The molecule has 1 fully saturated rings. The predicted octanol–water partition coefficient (Wildman–Crippen LogP) is 1.66. The Morgan fingerprint density at radius 1 is 1.33 bits per heavy atom. The molecule has 6 heteroatoms. The highest BCUT2D eigenvalue weighted by Gasteiger charge is 2.44. The standard InChI is InChI=1S/C18H24N4O2/c1-17(24,15-10-21-22(2)11-15)12-19-16(23)20-13-18(8-9-18)14-6-4-3-5-7-14/h3-7,10-11,24H,8-9,12-13H2,1-2H3,(H2,19,20,23). The van der Waals surface area contributed by atoms with Crippen molar-refractivity contribution in [2.24, 2.45) is 7.05 Å². The maximum atomic E-state index is 12.1. The second-order valence-corrected chi connectivity index (χ2v) is 6.86. The molecule has 2 amide bonds. The predicted molar refractivity (Wildman–Crippen MR) is 91.5 cm³/mol. The monoisotopic (exact) mass is 328 g/mol. The van der Waals surface area contributed by atoms with E-state index in [0.717, 1.165) is 12.8 Å². The largest absolute Gasteiger partial charge is 0.383 e. The third-order valence-corrected chi connectivity index (χ3v) is 4.75. The lowest BCUT2D eigenvalue weighted by atomic mass is 9.96. The summed E-state index contributed by atoms with van der Waals surface area (Å²) in [6.45, 7) is 2.40. The van der Waals surface area contributed by atoms with Gasteiger partial charge in [-0.1, -0.05) is 30.3 Å². The fraction of sp³-hybridized carbons (Fsp3) is 0.444. The Morgan fingerprint density at radius 2 is 2.04 bits per heavy atom. The Labute approximate surface area is 141 Å². The minimum Gasteiger partial charge on any atom is -0.383 e. The zero-order valence-corrected chi connectivity index (χ0v) is 14.1. The number of rotatable bonds is 6. The van der Waals surface area contributed by atoms with Crippen molar-refractivity contribution in [3.05, 3.63) is 53.9 Å². The third-order valence-electron chi connectivity index (χ3n) is 4.75. The zero-order chi connectivity index (χ0) is 17.2. The van der Waals surface area contributed by atoms with Crippen LogP contribution in [0.25, 0.3) is 0 Å². The molecule has 1 aromatic heterocycles. The van der Waals surface area contributed by atoms with Crippen LogP contribution in [0.1, 0.15) is 30.9 Å². The lowest BCUT2D eigenvalue weighted by Gasteiger charge is -2.23. The van der Waals surface area contributed by atoms with Gasteiger partial charge >= 0.3 is 6.03 Å². The number of hydrogen-bond donors (Lipinski definition) is 3. The normalized spacial score (nSPS) is 17.8. The summed E-state index contributed by atoms with van der Waals surface area (Å²) in [6.07, 6.45) is 5.53. The summed E-state index contributed by atoms with van der Waals surface area (Å²) in [7, 11) is 1.79. The first-order chi connectivity index (χ1) is 11.4. The number of nitrogens with one attached hydrogen (secondary N) is 2. The van der Waals surface area contributed by atoms with Crippen LogP contribution in [-0.4, -0.2) is 34.0 Å². The summed E-state index contributed by atoms with van der Waals surface area (Å²) in [5.41, 5.74) is 0.869. The number of carbonyl (C=O) groups excluding carboxylic acids is 1. The van der Waals surface area contributed by atoms with Crippen LogP contribution in [-0.2, 0) is 18.1 Å². The van der Waals surface area contributed by atoms with Gasteiger partial charge in [-0.25, -0.2) is 4.79 Å². The molecular formula is C18H24N4O2. The van der Waals surface area contributed by atoms with Crippen molar-refractivity contribution < 1.29 is 9.90 Å². The highest BCUT2D eigenvalue weighted by atomic mass is 16.3. The molecule has 1 saturated carbocycles. The number of aryl methyl sites for hydroxylation is 1. The Kier molecular flexibility index (Phi) is 4.32. The van der Waals surface area contributed by atoms with E-state index < -0.39 is 5.60 Å². The van der Waals surface area contributed by atoms with Crippen LogP contribution in [0.4, 0.5) is 4.79 Å². The summed E-state index contributed by atoms with van der Waals surface area (Å²) in [6, 6.07) is 10.0. The molecule has 0 aliphatic heterocycles. The van der Waals surface area contributed by atoms with Crippen LogP contribution >= 0.6 is 0 Å². The minimum absolute atomic E-state index is 0.0739. The van der Waals surface area contributed by atoms with Gasteiger partial charge in [-0.2, -0.15) is 5.10 Å². The first-order valence-electron chi connectivity index (χ1n) is 8.20. The van der Waals surface area contributed by atoms with Crippen LogP contribution < -0.4 is 10.6 Å². The Hall–Kier alpha value is -2.34. The van der Waals surface area contributed by atoms with E-state index in [1.54, 1.807) is 31.0 Å². The molecule has 1 atom stereocenters. The van der Waals surface area contributed by atoms with E-state index in [-0.39, 0.29) is 18.0 Å². The highest BCUT2D eigenvalue weighted by molar-refractivity contribution is 5.74. The average molecular weight is 328 g/mol. The molecule has 1 aromatic carbocycles. The van der Waals surface area contributed by atoms with Crippen molar-refractivity contribution in [2.45, 2.75) is 30.8 Å². The van der Waals surface area contributed by atoms with E-state index >= 15 is 0 Å². The zero-order valence-electron chi connectivity index (χ0n) is 14.1. The van der Waals surface area contributed by atoms with Gasteiger partial charge in [-0.05, 0) is 25.3 Å². The number of amides is 2. The van der Waals surface area contributed by atoms with Gasteiger partial charge in [0.15, 0.2) is 0 Å². The van der Waals surface area contributed by atoms with Gasteiger partial charge in [0.2, 0.25) is 0 Å². The lowest BCUT2D eigenvalue weighted by Crippen LogP contribution is -2.45. The van der Waals surface area contributed by atoms with Crippen LogP contribution in [0.3, 0.4) is 0 Å². The van der Waals surface area contributed by atoms with Crippen molar-refractivity contribution in [2.75, 3.05) is 13.1 Å². The summed E-state index contributed by atoms with van der Waals surface area (Å²) in [4.78, 5) is 12.1. The molecule has 3 rings (SSSR count). The molecule has 1 heterocycles. The second kappa shape index (κ2) is 6.28. The lowest BCUT2D eigenvalue weighted by molar-refractivity contribution is 0.0593. The van der Waals surface area contributed by atoms with Gasteiger partial charge in [0, 0.05) is 30.8 Å². The minimum atomic E-state index is -1.15. The quantitative estimate of drug-likeness (QED) is 0.754. The van der Waals surface area contributed by atoms with E-state index in [2.05, 4.69) is 27.9 Å². The van der Waals surface area contributed by atoms with E-state index in [1.165, 1.54) is 5.56 Å². The van der Waals surface area contributed by atoms with Gasteiger partial charge < -0.3 is 15.7 Å². The van der Waals surface area contributed by atoms with Gasteiger partial charge in [-0.3, -0.25) is 4.68 Å². The van der Waals surface area contributed by atoms with E-state index in [1.807, 2.05) is 18.2 Å². The van der Waals surface area contributed by atoms with Crippen LogP contribution in [0.15, 0.2) is 42.7 Å². The van der Waals surface area contributed by atoms with Crippen molar-refractivity contribution in [3.63, 3.8) is 0 Å². The molecule has 6 nitrogen and oxygen atoms in total. The Bertz CT molecular complexity index is 705. The maximum Gasteiger partial charge on any atom is 0.314 e. The number of benzene rings is 1. The number of hydrogen-bond acceptors (Lipinski definition) is 3. The van der Waals surface area contributed by atoms with Crippen LogP contribution in [0.2, 0.25) is 0 Å². The maximum absolute atomic E-state index is 12.1. The van der Waals surface area contributed by atoms with Gasteiger partial charge in [-0.15, -0.1) is 0 Å². The number of urea groups is 1. The average Bonchev–Trinajstić information content (AvgIpc) is 3.25. The van der Waals surface area contributed by atoms with Crippen molar-refractivity contribution in [3.8, 4) is 0 Å². The molecule has 1 aliphatic rings. The first kappa shape index (κ1) is 16.5. The number of carbonyl (C=O) groups is 1. The highest BCUT2D eigenvalue weighted by Crippen LogP contribution is 2.47. The van der Waals surface area contributed by atoms with Crippen LogP contribution in [0, 0.1) is 0 Å². The molecule has 3 N–H and O–H groups in total. The van der Waals surface area contributed by atoms with Crippen molar-refractivity contribution >= 4 is 6.03 Å². The molecule has 128 valence electrons. The number of nitrogens with zero attached hydrogens (tertiary/aromatic N) is 2. The second-order valence-electron chi connectivity index (χ2n) is 6.86. The van der Waals surface area contributed by atoms with E-state index in [0.29, 0.717) is 12.1 Å². The fourth-order valence-electron chi connectivity index (χ4n) is 2.88. The molecule has 0 bridgehead atoms. The molecule has 24 heavy (non-hydrogen) atoms. The molecule has 0 radical (unpaired) electrons. The number of aromatic nitrogens is 2. The molecule has 1 aliphatic carbocycles. The van der Waals surface area contributed by atoms with Gasteiger partial charge in [0.25, 0.3) is 0 Å². The number of aliphatic hydroxyl groups is 1. The molecule has 0 saturated heterocycles. The Morgan fingerprint density at radius 3 is 2.62 bits per heavy atom. The fourth-order valence-corrected chi connectivity index (χ4v) is 2.88. The summed E-state index contributed by atoms with van der Waals surface area (Å²) >= 11 is 0. The SMILES string of the molecule is Cn1cc(C(C)(O)CNC(=O)NCC2(c3ccccc3)CC2)cn1. The van der Waals surface area contributed by atoms with E-state index in [9.17, 15) is 9.90 Å². The molecule has 1 unspecified atom stereocenters. The molecule has 2 aromatic rings. The Balaban J connectivity index is 1.50. The summed E-state index contributed by atoms with van der Waals surface area (Å²) in [5.74, 6) is 0. The first-order valence-corrected chi connectivity index (χ1v) is 8.20. The van der Waals surface area contributed by atoms with Crippen LogP contribution in [0.5, 0.6) is 0 Å². The summed E-state index contributed by atoms with van der Waals surface area (Å²) < 4.78 is 1.63. The smallest absolute Gasteiger partial charge is 0.314 e. The summed E-state index contributed by atoms with van der Waals surface area (Å²) in [5, 5.41) is 20.2. The third kappa shape index (κ3) is 3.59. The molecule has 0 spiro atoms. The topological polar surface area (TPSA) is 79.2 Å². The van der Waals surface area contributed by atoms with Crippen molar-refractivity contribution in [1.82, 2.24) is 20.4 Å². The van der Waals surface area contributed by atoms with Crippen molar-refractivity contribution in [1.29, 1.82) is 0 Å².